The molecule has 5 rings (SSSR count). The van der Waals surface area contributed by atoms with Crippen molar-refractivity contribution < 1.29 is 14.6 Å². The van der Waals surface area contributed by atoms with E-state index in [4.69, 9.17) is 9.84 Å². The van der Waals surface area contributed by atoms with E-state index in [0.29, 0.717) is 37.6 Å². The number of amides is 1. The minimum atomic E-state index is 0.0143. The van der Waals surface area contributed by atoms with Crippen LogP contribution in [0.1, 0.15) is 22.3 Å². The van der Waals surface area contributed by atoms with Crippen LogP contribution in [0.4, 0.5) is 0 Å². The summed E-state index contributed by atoms with van der Waals surface area (Å²) in [6.07, 6.45) is 3.38. The Morgan fingerprint density at radius 3 is 2.72 bits per heavy atom. The summed E-state index contributed by atoms with van der Waals surface area (Å²) in [6.45, 7) is 2.58. The van der Waals surface area contributed by atoms with Crippen molar-refractivity contribution in [1.82, 2.24) is 30.1 Å². The Labute approximate surface area is 184 Å². The van der Waals surface area contributed by atoms with Crippen molar-refractivity contribution in [2.24, 2.45) is 0 Å². The number of hydrogen-bond donors (Lipinski definition) is 2. The minimum Gasteiger partial charge on any atom is -0.396 e. The molecule has 1 saturated heterocycles. The molecule has 9 nitrogen and oxygen atoms in total. The van der Waals surface area contributed by atoms with Crippen molar-refractivity contribution in [3.63, 3.8) is 0 Å². The SMILES string of the molecule is O=C(c1ccc(-n2cc(-c3n[nH]c4cc(CCCO)ccc34)nn2)cc1)N1CCOCC1. The fourth-order valence-corrected chi connectivity index (χ4v) is 3.90. The fourth-order valence-electron chi connectivity index (χ4n) is 3.90. The first-order valence-corrected chi connectivity index (χ1v) is 10.7. The summed E-state index contributed by atoms with van der Waals surface area (Å²) in [4.78, 5) is 14.4. The van der Waals surface area contributed by atoms with Crippen LogP contribution in [0.15, 0.2) is 48.7 Å². The molecule has 0 aliphatic carbocycles. The predicted octanol–water partition coefficient (Wildman–Crippen LogP) is 2.21. The Morgan fingerprint density at radius 2 is 1.94 bits per heavy atom. The highest BCUT2D eigenvalue weighted by Gasteiger charge is 2.19. The number of aliphatic hydroxyl groups excluding tert-OH is 1. The predicted molar refractivity (Wildman–Crippen MR) is 119 cm³/mol. The molecule has 0 radical (unpaired) electrons. The number of rotatable bonds is 6. The lowest BCUT2D eigenvalue weighted by Crippen LogP contribution is -2.40. The number of aromatic nitrogens is 5. The minimum absolute atomic E-state index is 0.0143. The molecule has 9 heteroatoms. The zero-order valence-electron chi connectivity index (χ0n) is 17.6. The molecule has 2 N–H and O–H groups in total. The number of benzene rings is 2. The highest BCUT2D eigenvalue weighted by atomic mass is 16.5. The van der Waals surface area contributed by atoms with Gasteiger partial charge in [0.2, 0.25) is 0 Å². The first-order valence-electron chi connectivity index (χ1n) is 10.7. The molecule has 0 bridgehead atoms. The number of aryl methyl sites for hydroxylation is 1. The summed E-state index contributed by atoms with van der Waals surface area (Å²) in [7, 11) is 0. The van der Waals surface area contributed by atoms with Crippen molar-refractivity contribution in [3.8, 4) is 17.1 Å². The van der Waals surface area contributed by atoms with Gasteiger partial charge in [0.25, 0.3) is 5.91 Å². The second-order valence-electron chi connectivity index (χ2n) is 7.78. The Morgan fingerprint density at radius 1 is 1.12 bits per heavy atom. The van der Waals surface area contributed by atoms with Gasteiger partial charge in [-0.05, 0) is 48.7 Å². The van der Waals surface area contributed by atoms with Gasteiger partial charge in [0.05, 0.1) is 30.6 Å². The molecule has 0 atom stereocenters. The molecular formula is C23H24N6O3. The van der Waals surface area contributed by atoms with Crippen LogP contribution in [-0.2, 0) is 11.2 Å². The number of nitrogens with one attached hydrogen (secondary N) is 1. The van der Waals surface area contributed by atoms with Gasteiger partial charge in [0.15, 0.2) is 0 Å². The van der Waals surface area contributed by atoms with Crippen LogP contribution in [0.3, 0.4) is 0 Å². The van der Waals surface area contributed by atoms with Crippen molar-refractivity contribution in [2.75, 3.05) is 32.9 Å². The summed E-state index contributed by atoms with van der Waals surface area (Å²) in [5.41, 5.74) is 4.93. The van der Waals surface area contributed by atoms with Gasteiger partial charge in [0, 0.05) is 30.6 Å². The zero-order chi connectivity index (χ0) is 21.9. The fraction of sp³-hybridized carbons (Fsp3) is 0.304. The number of nitrogens with zero attached hydrogens (tertiary/aromatic N) is 5. The number of carbonyl (C=O) groups is 1. The largest absolute Gasteiger partial charge is 0.396 e. The summed E-state index contributed by atoms with van der Waals surface area (Å²) >= 11 is 0. The summed E-state index contributed by atoms with van der Waals surface area (Å²) < 4.78 is 6.99. The standard InChI is InChI=1S/C23H24N6O3/c30-11-1-2-16-3-8-19-20(14-16)24-26-22(19)21-15-29(27-25-21)18-6-4-17(5-7-18)23(31)28-9-12-32-13-10-28/h3-8,14-15,30H,1-2,9-13H2,(H,24,26). The number of H-pyrrole nitrogens is 1. The molecule has 0 unspecified atom stereocenters. The van der Waals surface area contributed by atoms with Gasteiger partial charge in [-0.3, -0.25) is 9.89 Å². The van der Waals surface area contributed by atoms with Crippen LogP contribution in [0.25, 0.3) is 28.0 Å². The molecular weight excluding hydrogens is 408 g/mol. The molecule has 2 aromatic carbocycles. The van der Waals surface area contributed by atoms with Gasteiger partial charge in [-0.2, -0.15) is 5.10 Å². The Bertz CT molecular complexity index is 1220. The molecule has 1 aliphatic heterocycles. The van der Waals surface area contributed by atoms with Crippen LogP contribution in [0.2, 0.25) is 0 Å². The Kier molecular flexibility index (Phi) is 5.66. The maximum atomic E-state index is 12.6. The van der Waals surface area contributed by atoms with E-state index in [-0.39, 0.29) is 12.5 Å². The van der Waals surface area contributed by atoms with E-state index in [1.165, 1.54) is 0 Å². The maximum absolute atomic E-state index is 12.6. The van der Waals surface area contributed by atoms with E-state index in [0.717, 1.165) is 40.7 Å². The molecule has 1 fully saturated rings. The molecule has 0 spiro atoms. The zero-order valence-corrected chi connectivity index (χ0v) is 17.6. The van der Waals surface area contributed by atoms with Gasteiger partial charge in [-0.25, -0.2) is 4.68 Å². The Hall–Kier alpha value is -3.56. The van der Waals surface area contributed by atoms with Gasteiger partial charge < -0.3 is 14.7 Å². The molecule has 0 saturated carbocycles. The van der Waals surface area contributed by atoms with Crippen LogP contribution < -0.4 is 0 Å². The van der Waals surface area contributed by atoms with E-state index in [2.05, 4.69) is 26.6 Å². The van der Waals surface area contributed by atoms with Crippen LogP contribution in [-0.4, -0.2) is 74.0 Å². The summed E-state index contributed by atoms with van der Waals surface area (Å²) in [6, 6.07) is 13.5. The van der Waals surface area contributed by atoms with E-state index >= 15 is 0 Å². The third-order valence-corrected chi connectivity index (χ3v) is 5.66. The topological polar surface area (TPSA) is 109 Å². The molecule has 2 aromatic heterocycles. The lowest BCUT2D eigenvalue weighted by Gasteiger charge is -2.26. The quantitative estimate of drug-likeness (QED) is 0.484. The molecule has 4 aromatic rings. The lowest BCUT2D eigenvalue weighted by atomic mass is 10.1. The van der Waals surface area contributed by atoms with Crippen molar-refractivity contribution in [3.05, 3.63) is 59.8 Å². The highest BCUT2D eigenvalue weighted by molar-refractivity contribution is 5.94. The van der Waals surface area contributed by atoms with Gasteiger partial charge in [-0.15, -0.1) is 5.10 Å². The first kappa shape index (κ1) is 20.3. The Balaban J connectivity index is 1.35. The van der Waals surface area contributed by atoms with Crippen molar-refractivity contribution >= 4 is 16.8 Å². The normalized spacial score (nSPS) is 14.2. The molecule has 32 heavy (non-hydrogen) atoms. The number of fused-ring (bicyclic) bond motifs is 1. The number of aromatic amines is 1. The molecule has 1 amide bonds. The second kappa shape index (κ2) is 8.89. The van der Waals surface area contributed by atoms with Crippen LogP contribution >= 0.6 is 0 Å². The number of aliphatic hydroxyl groups is 1. The molecule has 3 heterocycles. The van der Waals surface area contributed by atoms with E-state index in [9.17, 15) is 4.79 Å². The third-order valence-electron chi connectivity index (χ3n) is 5.66. The molecule has 1 aliphatic rings. The maximum Gasteiger partial charge on any atom is 0.254 e. The number of morpholine rings is 1. The van der Waals surface area contributed by atoms with E-state index in [1.807, 2.05) is 47.5 Å². The highest BCUT2D eigenvalue weighted by Crippen LogP contribution is 2.26. The van der Waals surface area contributed by atoms with Crippen LogP contribution in [0.5, 0.6) is 0 Å². The van der Waals surface area contributed by atoms with E-state index < -0.39 is 0 Å². The van der Waals surface area contributed by atoms with Gasteiger partial charge >= 0.3 is 0 Å². The summed E-state index contributed by atoms with van der Waals surface area (Å²) in [5, 5.41) is 26.0. The number of ether oxygens (including phenoxy) is 1. The van der Waals surface area contributed by atoms with Gasteiger partial charge in [-0.1, -0.05) is 17.3 Å². The summed E-state index contributed by atoms with van der Waals surface area (Å²) in [5.74, 6) is 0.0143. The van der Waals surface area contributed by atoms with E-state index in [1.54, 1.807) is 4.68 Å². The second-order valence-corrected chi connectivity index (χ2v) is 7.78. The van der Waals surface area contributed by atoms with Crippen molar-refractivity contribution in [2.45, 2.75) is 12.8 Å². The van der Waals surface area contributed by atoms with Crippen molar-refractivity contribution in [1.29, 1.82) is 0 Å². The number of carbonyl (C=O) groups excluding carboxylic acids is 1. The monoisotopic (exact) mass is 432 g/mol. The molecule has 164 valence electrons. The lowest BCUT2D eigenvalue weighted by molar-refractivity contribution is 0.0303. The third kappa shape index (κ3) is 4.00. The average Bonchev–Trinajstić information content (AvgIpc) is 3.50. The van der Waals surface area contributed by atoms with Gasteiger partial charge in [0.1, 0.15) is 11.4 Å². The smallest absolute Gasteiger partial charge is 0.254 e. The number of hydrogen-bond acceptors (Lipinski definition) is 6. The first-order chi connectivity index (χ1) is 15.7. The van der Waals surface area contributed by atoms with Crippen LogP contribution in [0, 0.1) is 0 Å². The average molecular weight is 432 g/mol.